The van der Waals surface area contributed by atoms with Crippen molar-refractivity contribution in [2.24, 2.45) is 0 Å². The molecule has 0 aliphatic rings. The van der Waals surface area contributed by atoms with Crippen LogP contribution in [0.1, 0.15) is 20.8 Å². The third-order valence-corrected chi connectivity index (χ3v) is 5.21. The molecule has 0 aliphatic heterocycles. The molecule has 0 unspecified atom stereocenters. The summed E-state index contributed by atoms with van der Waals surface area (Å²) in [5.41, 5.74) is 3.51. The highest BCUT2D eigenvalue weighted by atomic mass is 16.5. The molecule has 0 radical (unpaired) electrons. The Labute approximate surface area is 191 Å². The van der Waals surface area contributed by atoms with Gasteiger partial charge in [0.2, 0.25) is 0 Å². The van der Waals surface area contributed by atoms with E-state index in [0.717, 1.165) is 16.9 Å². The molecule has 0 saturated carbocycles. The van der Waals surface area contributed by atoms with Gasteiger partial charge in [0.1, 0.15) is 17.0 Å². The zero-order chi connectivity index (χ0) is 23.4. The van der Waals surface area contributed by atoms with E-state index in [4.69, 9.17) is 14.2 Å². The van der Waals surface area contributed by atoms with Crippen LogP contribution < -0.4 is 4.74 Å². The van der Waals surface area contributed by atoms with Crippen molar-refractivity contribution >= 4 is 11.9 Å². The van der Waals surface area contributed by atoms with E-state index in [9.17, 15) is 9.59 Å². The molecule has 0 saturated heterocycles. The Balaban J connectivity index is 1.93. The first-order valence-corrected chi connectivity index (χ1v) is 10.2. The van der Waals surface area contributed by atoms with Crippen molar-refractivity contribution in [3.8, 4) is 33.8 Å². The molecule has 1 heterocycles. The maximum absolute atomic E-state index is 12.8. The van der Waals surface area contributed by atoms with Crippen LogP contribution in [0.3, 0.4) is 0 Å². The minimum absolute atomic E-state index is 0.000371. The number of rotatable bonds is 6. The number of benzene rings is 3. The average molecular weight is 442 g/mol. The van der Waals surface area contributed by atoms with Gasteiger partial charge in [0.05, 0.1) is 27.0 Å². The van der Waals surface area contributed by atoms with Crippen LogP contribution in [0.5, 0.6) is 5.75 Å². The lowest BCUT2D eigenvalue weighted by Gasteiger charge is -2.07. The fourth-order valence-electron chi connectivity index (χ4n) is 3.59. The Morgan fingerprint density at radius 2 is 1.39 bits per heavy atom. The Kier molecular flexibility index (Phi) is 6.22. The standard InChI is InChI=1S/C26H22N2O5/c1-31-21-14-12-17(13-15-21)18-8-7-9-19(16-18)23-22(25(29)32-2)24(26(30)33-3)28(27-23)20-10-5-4-6-11-20/h4-16H,1-3H3. The summed E-state index contributed by atoms with van der Waals surface area (Å²) < 4.78 is 16.6. The summed E-state index contributed by atoms with van der Waals surface area (Å²) in [6.45, 7) is 0. The predicted molar refractivity (Wildman–Crippen MR) is 124 cm³/mol. The first-order valence-electron chi connectivity index (χ1n) is 10.2. The minimum atomic E-state index is -0.690. The quantitative estimate of drug-likeness (QED) is 0.400. The number of carbonyl (C=O) groups excluding carboxylic acids is 2. The second-order valence-electron chi connectivity index (χ2n) is 7.11. The maximum Gasteiger partial charge on any atom is 0.357 e. The van der Waals surface area contributed by atoms with Crippen molar-refractivity contribution in [1.82, 2.24) is 9.78 Å². The number of nitrogens with zero attached hydrogens (tertiary/aromatic N) is 2. The molecule has 166 valence electrons. The molecular formula is C26H22N2O5. The van der Waals surface area contributed by atoms with Gasteiger partial charge in [0.15, 0.2) is 5.69 Å². The van der Waals surface area contributed by atoms with Crippen LogP contribution in [0, 0.1) is 0 Å². The second kappa shape index (κ2) is 9.40. The lowest BCUT2D eigenvalue weighted by molar-refractivity contribution is 0.0549. The van der Waals surface area contributed by atoms with E-state index >= 15 is 0 Å². The van der Waals surface area contributed by atoms with Crippen LogP contribution in [-0.4, -0.2) is 43.0 Å². The molecule has 4 rings (SSSR count). The van der Waals surface area contributed by atoms with Gasteiger partial charge in [-0.25, -0.2) is 14.3 Å². The molecule has 0 amide bonds. The Morgan fingerprint density at radius 3 is 2.03 bits per heavy atom. The molecule has 3 aromatic carbocycles. The van der Waals surface area contributed by atoms with Gasteiger partial charge in [-0.1, -0.05) is 48.5 Å². The van der Waals surface area contributed by atoms with Crippen LogP contribution in [0.2, 0.25) is 0 Å². The Bertz CT molecular complexity index is 1290. The third-order valence-electron chi connectivity index (χ3n) is 5.21. The van der Waals surface area contributed by atoms with E-state index in [1.165, 1.54) is 18.9 Å². The molecule has 0 N–H and O–H groups in total. The van der Waals surface area contributed by atoms with Gasteiger partial charge in [0.25, 0.3) is 0 Å². The first-order chi connectivity index (χ1) is 16.1. The fourth-order valence-corrected chi connectivity index (χ4v) is 3.59. The van der Waals surface area contributed by atoms with Crippen molar-refractivity contribution in [3.63, 3.8) is 0 Å². The molecule has 0 bridgehead atoms. The molecule has 0 spiro atoms. The van der Waals surface area contributed by atoms with Crippen LogP contribution in [0.4, 0.5) is 0 Å². The third kappa shape index (κ3) is 4.21. The summed E-state index contributed by atoms with van der Waals surface area (Å²) in [5.74, 6) is -0.612. The monoisotopic (exact) mass is 442 g/mol. The highest BCUT2D eigenvalue weighted by Gasteiger charge is 2.31. The molecule has 7 nitrogen and oxygen atoms in total. The SMILES string of the molecule is COC(=O)c1c(-c2cccc(-c3ccc(OC)cc3)c2)nn(-c2ccccc2)c1C(=O)OC. The van der Waals surface area contributed by atoms with Crippen molar-refractivity contribution in [2.75, 3.05) is 21.3 Å². The minimum Gasteiger partial charge on any atom is -0.497 e. The van der Waals surface area contributed by atoms with E-state index in [-0.39, 0.29) is 11.3 Å². The lowest BCUT2D eigenvalue weighted by atomic mass is 9.99. The maximum atomic E-state index is 12.8. The van der Waals surface area contributed by atoms with E-state index in [0.29, 0.717) is 16.9 Å². The Hall–Kier alpha value is -4.39. The number of carbonyl (C=O) groups is 2. The number of ether oxygens (including phenoxy) is 3. The van der Waals surface area contributed by atoms with E-state index in [1.807, 2.05) is 66.7 Å². The smallest absolute Gasteiger partial charge is 0.357 e. The van der Waals surface area contributed by atoms with Gasteiger partial charge in [-0.2, -0.15) is 5.10 Å². The van der Waals surface area contributed by atoms with E-state index < -0.39 is 11.9 Å². The van der Waals surface area contributed by atoms with Crippen LogP contribution in [0.25, 0.3) is 28.1 Å². The second-order valence-corrected chi connectivity index (χ2v) is 7.11. The molecule has 33 heavy (non-hydrogen) atoms. The summed E-state index contributed by atoms with van der Waals surface area (Å²) in [6, 6.07) is 24.3. The summed E-state index contributed by atoms with van der Waals surface area (Å²) >= 11 is 0. The summed E-state index contributed by atoms with van der Waals surface area (Å²) in [6.07, 6.45) is 0. The fraction of sp³-hybridized carbons (Fsp3) is 0.115. The molecule has 0 aliphatic carbocycles. The zero-order valence-corrected chi connectivity index (χ0v) is 18.4. The average Bonchev–Trinajstić information content (AvgIpc) is 3.29. The summed E-state index contributed by atoms with van der Waals surface area (Å²) in [5, 5.41) is 4.65. The summed E-state index contributed by atoms with van der Waals surface area (Å²) in [7, 11) is 4.14. The molecule has 1 aromatic heterocycles. The Morgan fingerprint density at radius 1 is 0.727 bits per heavy atom. The highest BCUT2D eigenvalue weighted by Crippen LogP contribution is 2.32. The first kappa shape index (κ1) is 21.8. The van der Waals surface area contributed by atoms with Crippen molar-refractivity contribution in [1.29, 1.82) is 0 Å². The lowest BCUT2D eigenvalue weighted by Crippen LogP contribution is -2.15. The highest BCUT2D eigenvalue weighted by molar-refractivity contribution is 6.07. The normalized spacial score (nSPS) is 10.5. The predicted octanol–water partition coefficient (Wildman–Crippen LogP) is 4.79. The molecule has 7 heteroatoms. The number of hydrogen-bond acceptors (Lipinski definition) is 6. The number of aromatic nitrogens is 2. The van der Waals surface area contributed by atoms with Crippen molar-refractivity contribution < 1.29 is 23.8 Å². The van der Waals surface area contributed by atoms with Crippen molar-refractivity contribution in [3.05, 3.63) is 90.1 Å². The van der Waals surface area contributed by atoms with Gasteiger partial charge in [-0.05, 0) is 41.5 Å². The van der Waals surface area contributed by atoms with Crippen molar-refractivity contribution in [2.45, 2.75) is 0 Å². The topological polar surface area (TPSA) is 79.7 Å². The molecular weight excluding hydrogens is 420 g/mol. The van der Waals surface area contributed by atoms with Gasteiger partial charge in [-0.15, -0.1) is 0 Å². The zero-order valence-electron chi connectivity index (χ0n) is 18.4. The van der Waals surface area contributed by atoms with Gasteiger partial charge in [-0.3, -0.25) is 0 Å². The van der Waals surface area contributed by atoms with Crippen LogP contribution >= 0.6 is 0 Å². The number of esters is 2. The summed E-state index contributed by atoms with van der Waals surface area (Å²) in [4.78, 5) is 25.6. The number of para-hydroxylation sites is 1. The van der Waals surface area contributed by atoms with Crippen LogP contribution in [-0.2, 0) is 9.47 Å². The molecule has 4 aromatic rings. The molecule has 0 fully saturated rings. The van der Waals surface area contributed by atoms with Gasteiger partial charge >= 0.3 is 11.9 Å². The van der Waals surface area contributed by atoms with Gasteiger partial charge < -0.3 is 14.2 Å². The number of hydrogen-bond donors (Lipinski definition) is 0. The van der Waals surface area contributed by atoms with E-state index in [1.54, 1.807) is 19.2 Å². The van der Waals surface area contributed by atoms with Gasteiger partial charge in [0, 0.05) is 5.56 Å². The largest absolute Gasteiger partial charge is 0.497 e. The number of methoxy groups -OCH3 is 3. The van der Waals surface area contributed by atoms with E-state index in [2.05, 4.69) is 5.10 Å². The van der Waals surface area contributed by atoms with Crippen LogP contribution in [0.15, 0.2) is 78.9 Å². The molecule has 0 atom stereocenters.